The van der Waals surface area contributed by atoms with E-state index in [2.05, 4.69) is 6.92 Å². The minimum atomic E-state index is -2.04. The second kappa shape index (κ2) is 4.18. The smallest absolute Gasteiger partial charge is 0.160 e. The Kier molecular flexibility index (Phi) is 4.20. The van der Waals surface area contributed by atoms with Gasteiger partial charge in [0, 0.05) is 5.92 Å². The van der Waals surface area contributed by atoms with Gasteiger partial charge < -0.3 is 0 Å². The van der Waals surface area contributed by atoms with Crippen LogP contribution in [0.5, 0.6) is 0 Å². The lowest BCUT2D eigenvalue weighted by atomic mass is 9.93. The molecule has 0 aromatic rings. The van der Waals surface area contributed by atoms with Crippen LogP contribution in [-0.2, 0) is 4.57 Å². The standard InChI is InChI=1S/C8H17O2P/c1-5-6-7(2)8(3,4)11(9)10/h7H,5-6H2,1-4H3/p+1. The van der Waals surface area contributed by atoms with Crippen LogP contribution in [0.4, 0.5) is 0 Å². The second-order valence-corrected chi connectivity index (χ2v) is 5.31. The summed E-state index contributed by atoms with van der Waals surface area (Å²) >= 11 is 0. The third-order valence-corrected chi connectivity index (χ3v) is 3.85. The average molecular weight is 177 g/mol. The predicted octanol–water partition coefficient (Wildman–Crippen LogP) is 2.94. The van der Waals surface area contributed by atoms with Gasteiger partial charge in [-0.2, -0.15) is 4.89 Å². The highest BCUT2D eigenvalue weighted by Crippen LogP contribution is 2.42. The van der Waals surface area contributed by atoms with E-state index in [0.717, 1.165) is 12.8 Å². The molecule has 11 heavy (non-hydrogen) atoms. The van der Waals surface area contributed by atoms with Gasteiger partial charge in [0.25, 0.3) is 0 Å². The Labute approximate surface area is 69.9 Å². The van der Waals surface area contributed by atoms with Crippen LogP contribution in [0.3, 0.4) is 0 Å². The number of hydrogen-bond donors (Lipinski definition) is 1. The molecule has 0 rings (SSSR count). The van der Waals surface area contributed by atoms with Crippen molar-refractivity contribution in [2.24, 2.45) is 5.92 Å². The first kappa shape index (κ1) is 11.1. The summed E-state index contributed by atoms with van der Waals surface area (Å²) in [6, 6.07) is 0. The van der Waals surface area contributed by atoms with Crippen LogP contribution in [0.1, 0.15) is 40.5 Å². The fourth-order valence-electron chi connectivity index (χ4n) is 0.975. The van der Waals surface area contributed by atoms with E-state index in [9.17, 15) is 4.57 Å². The van der Waals surface area contributed by atoms with Crippen LogP contribution in [0.15, 0.2) is 0 Å². The summed E-state index contributed by atoms with van der Waals surface area (Å²) < 4.78 is 10.9. The van der Waals surface area contributed by atoms with Crippen molar-refractivity contribution in [3.8, 4) is 0 Å². The normalized spacial score (nSPS) is 16.3. The minimum Gasteiger partial charge on any atom is -0.160 e. The SMILES string of the molecule is CCCC(C)C(C)(C)[P+](=O)O. The van der Waals surface area contributed by atoms with Gasteiger partial charge in [0.2, 0.25) is 0 Å². The molecule has 66 valence electrons. The monoisotopic (exact) mass is 177 g/mol. The number of hydrogen-bond acceptors (Lipinski definition) is 1. The first-order valence-electron chi connectivity index (χ1n) is 4.09. The van der Waals surface area contributed by atoms with Gasteiger partial charge in [-0.25, -0.2) is 0 Å². The Balaban J connectivity index is 4.17. The van der Waals surface area contributed by atoms with Gasteiger partial charge in [0.1, 0.15) is 0 Å². The average Bonchev–Trinajstić information content (AvgIpc) is 1.88. The summed E-state index contributed by atoms with van der Waals surface area (Å²) in [6.45, 7) is 7.84. The van der Waals surface area contributed by atoms with E-state index in [1.54, 1.807) is 0 Å². The molecular weight excluding hydrogens is 159 g/mol. The first-order valence-corrected chi connectivity index (χ1v) is 5.30. The molecule has 2 unspecified atom stereocenters. The molecule has 0 spiro atoms. The Morgan fingerprint density at radius 1 is 1.55 bits per heavy atom. The van der Waals surface area contributed by atoms with Crippen molar-refractivity contribution in [1.29, 1.82) is 0 Å². The molecule has 0 saturated carbocycles. The van der Waals surface area contributed by atoms with E-state index < -0.39 is 13.2 Å². The summed E-state index contributed by atoms with van der Waals surface area (Å²) in [5, 5.41) is -0.425. The molecule has 2 nitrogen and oxygen atoms in total. The van der Waals surface area contributed by atoms with Gasteiger partial charge in [-0.1, -0.05) is 20.3 Å². The molecule has 0 amide bonds. The van der Waals surface area contributed by atoms with Crippen molar-refractivity contribution >= 4 is 8.03 Å². The summed E-state index contributed by atoms with van der Waals surface area (Å²) in [5.41, 5.74) is 0. The zero-order chi connectivity index (χ0) is 9.07. The maximum Gasteiger partial charge on any atom is 0.511 e. The highest BCUT2D eigenvalue weighted by molar-refractivity contribution is 7.40. The summed E-state index contributed by atoms with van der Waals surface area (Å²) in [6.07, 6.45) is 2.10. The second-order valence-electron chi connectivity index (χ2n) is 3.62. The summed E-state index contributed by atoms with van der Waals surface area (Å²) in [7, 11) is -2.04. The van der Waals surface area contributed by atoms with Crippen LogP contribution in [0, 0.1) is 5.92 Å². The Bertz CT molecular complexity index is 143. The minimum absolute atomic E-state index is 0.320. The maximum atomic E-state index is 10.9. The van der Waals surface area contributed by atoms with E-state index in [0.29, 0.717) is 5.92 Å². The molecule has 1 N–H and O–H groups in total. The van der Waals surface area contributed by atoms with Gasteiger partial charge >= 0.3 is 8.03 Å². The molecule has 0 heterocycles. The molecule has 0 aliphatic rings. The van der Waals surface area contributed by atoms with E-state index in [1.165, 1.54) is 0 Å². The van der Waals surface area contributed by atoms with E-state index in [4.69, 9.17) is 4.89 Å². The Morgan fingerprint density at radius 3 is 2.27 bits per heavy atom. The largest absolute Gasteiger partial charge is 0.511 e. The third-order valence-electron chi connectivity index (χ3n) is 2.42. The van der Waals surface area contributed by atoms with Gasteiger partial charge in [-0.05, 0) is 24.8 Å². The zero-order valence-corrected chi connectivity index (χ0v) is 8.69. The van der Waals surface area contributed by atoms with Crippen LogP contribution >= 0.6 is 8.03 Å². The lowest BCUT2D eigenvalue weighted by Gasteiger charge is -2.18. The Morgan fingerprint density at radius 2 is 2.00 bits per heavy atom. The fraction of sp³-hybridized carbons (Fsp3) is 1.00. The molecule has 3 heteroatoms. The quantitative estimate of drug-likeness (QED) is 0.670. The molecule has 0 fully saturated rings. The molecule has 0 saturated heterocycles. The van der Waals surface area contributed by atoms with Gasteiger partial charge in [0.05, 0.1) is 0 Å². The molecule has 0 aromatic heterocycles. The molecule has 0 aromatic carbocycles. The molecule has 0 aliphatic carbocycles. The third kappa shape index (κ3) is 2.88. The maximum absolute atomic E-state index is 10.9. The van der Waals surface area contributed by atoms with Crippen molar-refractivity contribution in [3.05, 3.63) is 0 Å². The van der Waals surface area contributed by atoms with Crippen molar-refractivity contribution in [2.45, 2.75) is 45.7 Å². The Hall–Kier alpha value is 0.0600. The van der Waals surface area contributed by atoms with Crippen LogP contribution in [0.25, 0.3) is 0 Å². The predicted molar refractivity (Wildman–Crippen MR) is 48.0 cm³/mol. The topological polar surface area (TPSA) is 37.3 Å². The molecule has 0 aliphatic heterocycles. The van der Waals surface area contributed by atoms with Gasteiger partial charge in [0.15, 0.2) is 5.16 Å². The fourth-order valence-corrected chi connectivity index (χ4v) is 1.48. The van der Waals surface area contributed by atoms with E-state index in [-0.39, 0.29) is 0 Å². The summed E-state index contributed by atoms with van der Waals surface area (Å²) in [4.78, 5) is 8.99. The van der Waals surface area contributed by atoms with E-state index in [1.807, 2.05) is 20.8 Å². The molecular formula is C8H18O2P+. The zero-order valence-electron chi connectivity index (χ0n) is 7.79. The van der Waals surface area contributed by atoms with Crippen molar-refractivity contribution in [2.75, 3.05) is 0 Å². The highest BCUT2D eigenvalue weighted by atomic mass is 31.1. The van der Waals surface area contributed by atoms with Crippen LogP contribution < -0.4 is 0 Å². The highest BCUT2D eigenvalue weighted by Gasteiger charge is 2.43. The lowest BCUT2D eigenvalue weighted by molar-refractivity contribution is 0.371. The molecule has 0 bridgehead atoms. The van der Waals surface area contributed by atoms with Gasteiger partial charge in [-0.15, -0.1) is 0 Å². The molecule has 0 radical (unpaired) electrons. The van der Waals surface area contributed by atoms with Gasteiger partial charge in [-0.3, -0.25) is 0 Å². The van der Waals surface area contributed by atoms with Crippen LogP contribution in [-0.4, -0.2) is 10.0 Å². The van der Waals surface area contributed by atoms with Crippen molar-refractivity contribution in [1.82, 2.24) is 0 Å². The number of rotatable bonds is 4. The lowest BCUT2D eigenvalue weighted by Crippen LogP contribution is -2.24. The van der Waals surface area contributed by atoms with E-state index >= 15 is 0 Å². The summed E-state index contributed by atoms with van der Waals surface area (Å²) in [5.74, 6) is 0.320. The first-order chi connectivity index (χ1) is 4.92. The molecule has 2 atom stereocenters. The van der Waals surface area contributed by atoms with Crippen LogP contribution in [0.2, 0.25) is 0 Å². The van der Waals surface area contributed by atoms with Crippen molar-refractivity contribution < 1.29 is 9.46 Å². The van der Waals surface area contributed by atoms with Crippen molar-refractivity contribution in [3.63, 3.8) is 0 Å².